The molecular weight excluding hydrogens is 362 g/mol. The van der Waals surface area contributed by atoms with Crippen molar-refractivity contribution >= 4 is 11.8 Å². The maximum Gasteiger partial charge on any atom is 0.225 e. The van der Waals surface area contributed by atoms with Gasteiger partial charge in [-0.25, -0.2) is 8.78 Å². The molecule has 1 aliphatic heterocycles. The first-order valence-electron chi connectivity index (χ1n) is 10.3. The van der Waals surface area contributed by atoms with E-state index in [1.54, 1.807) is 11.9 Å². The molecule has 28 heavy (non-hydrogen) atoms. The van der Waals surface area contributed by atoms with Gasteiger partial charge in [-0.15, -0.1) is 0 Å². The summed E-state index contributed by atoms with van der Waals surface area (Å²) < 4.78 is 27.5. The summed E-state index contributed by atoms with van der Waals surface area (Å²) in [6.45, 7) is 7.08. The smallest absolute Gasteiger partial charge is 0.225 e. The fourth-order valence-corrected chi connectivity index (χ4v) is 3.96. The molecular formula is C22H32F2N2O2. The third kappa shape index (κ3) is 5.30. The molecule has 156 valence electrons. The molecule has 0 N–H and O–H groups in total. The van der Waals surface area contributed by atoms with E-state index in [0.29, 0.717) is 31.5 Å². The van der Waals surface area contributed by atoms with Crippen LogP contribution >= 0.6 is 0 Å². The van der Waals surface area contributed by atoms with E-state index >= 15 is 0 Å². The molecule has 0 radical (unpaired) electrons. The molecule has 1 aromatic rings. The number of halogens is 2. The molecule has 1 fully saturated rings. The van der Waals surface area contributed by atoms with Crippen molar-refractivity contribution < 1.29 is 18.4 Å². The third-order valence-corrected chi connectivity index (χ3v) is 6.07. The van der Waals surface area contributed by atoms with E-state index in [1.807, 2.05) is 25.7 Å². The zero-order chi connectivity index (χ0) is 20.8. The molecule has 2 atom stereocenters. The van der Waals surface area contributed by atoms with Crippen molar-refractivity contribution in [3.8, 4) is 0 Å². The van der Waals surface area contributed by atoms with Gasteiger partial charge in [-0.1, -0.05) is 26.8 Å². The monoisotopic (exact) mass is 394 g/mol. The fourth-order valence-electron chi connectivity index (χ4n) is 3.96. The molecule has 1 saturated heterocycles. The standard InChI is InChI=1S/C22H32F2N2O2/c1-5-15(3)22(28)26-11-9-16(10-12-26)20(25(4)21(27)6-2)13-17-7-8-18(23)14-19(17)24/h7-8,14-16,20H,5-6,9-13H2,1-4H3. The zero-order valence-corrected chi connectivity index (χ0v) is 17.4. The molecule has 1 aliphatic rings. The molecule has 0 bridgehead atoms. The second-order valence-corrected chi connectivity index (χ2v) is 7.84. The molecule has 0 spiro atoms. The Bertz CT molecular complexity index is 687. The first kappa shape index (κ1) is 22.3. The first-order valence-corrected chi connectivity index (χ1v) is 10.3. The Balaban J connectivity index is 2.14. The van der Waals surface area contributed by atoms with Crippen molar-refractivity contribution in [3.05, 3.63) is 35.4 Å². The van der Waals surface area contributed by atoms with Crippen molar-refractivity contribution in [1.29, 1.82) is 0 Å². The Morgan fingerprint density at radius 2 is 1.86 bits per heavy atom. The lowest BCUT2D eigenvalue weighted by Gasteiger charge is -2.40. The van der Waals surface area contributed by atoms with Gasteiger partial charge >= 0.3 is 0 Å². The minimum absolute atomic E-state index is 0.00521. The number of rotatable bonds is 7. The predicted octanol–water partition coefficient (Wildman–Crippen LogP) is 4.03. The third-order valence-electron chi connectivity index (χ3n) is 6.07. The Kier molecular flexibility index (Phi) is 7.96. The van der Waals surface area contributed by atoms with Crippen molar-refractivity contribution in [2.45, 2.75) is 58.9 Å². The molecule has 0 aliphatic carbocycles. The Morgan fingerprint density at radius 1 is 1.21 bits per heavy atom. The van der Waals surface area contributed by atoms with E-state index in [0.717, 1.165) is 25.3 Å². The largest absolute Gasteiger partial charge is 0.342 e. The summed E-state index contributed by atoms with van der Waals surface area (Å²) in [7, 11) is 1.76. The summed E-state index contributed by atoms with van der Waals surface area (Å²) in [5, 5.41) is 0. The Labute approximate surface area is 166 Å². The second kappa shape index (κ2) is 9.99. The average Bonchev–Trinajstić information content (AvgIpc) is 2.71. The van der Waals surface area contributed by atoms with Crippen LogP contribution in [0.15, 0.2) is 18.2 Å². The van der Waals surface area contributed by atoms with Gasteiger partial charge in [0.1, 0.15) is 11.6 Å². The number of benzene rings is 1. The summed E-state index contributed by atoms with van der Waals surface area (Å²) >= 11 is 0. The van der Waals surface area contributed by atoms with Gasteiger partial charge in [-0.3, -0.25) is 9.59 Å². The van der Waals surface area contributed by atoms with Crippen LogP contribution in [0.4, 0.5) is 8.78 Å². The van der Waals surface area contributed by atoms with E-state index in [-0.39, 0.29) is 29.7 Å². The lowest BCUT2D eigenvalue weighted by Crippen LogP contribution is -2.49. The number of carbonyl (C=O) groups excluding carboxylic acids is 2. The highest BCUT2D eigenvalue weighted by molar-refractivity contribution is 5.78. The molecule has 0 aromatic heterocycles. The first-order chi connectivity index (χ1) is 13.3. The SMILES string of the molecule is CCC(=O)N(C)C(Cc1ccc(F)cc1F)C1CCN(C(=O)C(C)CC)CC1. The van der Waals surface area contributed by atoms with Crippen molar-refractivity contribution in [3.63, 3.8) is 0 Å². The van der Waals surface area contributed by atoms with E-state index in [9.17, 15) is 18.4 Å². The summed E-state index contributed by atoms with van der Waals surface area (Å²) in [6, 6.07) is 3.43. The van der Waals surface area contributed by atoms with Gasteiger partial charge < -0.3 is 9.80 Å². The van der Waals surface area contributed by atoms with Gasteiger partial charge in [0.2, 0.25) is 11.8 Å². The maximum absolute atomic E-state index is 14.2. The van der Waals surface area contributed by atoms with Gasteiger partial charge in [-0.2, -0.15) is 0 Å². The molecule has 4 nitrogen and oxygen atoms in total. The van der Waals surface area contributed by atoms with Crippen molar-refractivity contribution in [1.82, 2.24) is 9.80 Å². The number of hydrogen-bond donors (Lipinski definition) is 0. The van der Waals surface area contributed by atoms with Gasteiger partial charge in [0.25, 0.3) is 0 Å². The zero-order valence-electron chi connectivity index (χ0n) is 17.4. The topological polar surface area (TPSA) is 40.6 Å². The van der Waals surface area contributed by atoms with Crippen LogP contribution in [0, 0.1) is 23.5 Å². The van der Waals surface area contributed by atoms with Crippen LogP contribution in [0.5, 0.6) is 0 Å². The molecule has 1 aromatic carbocycles. The lowest BCUT2D eigenvalue weighted by molar-refractivity contribution is -0.138. The van der Waals surface area contributed by atoms with Crippen LogP contribution in [0.3, 0.4) is 0 Å². The summed E-state index contributed by atoms with van der Waals surface area (Å²) in [6.07, 6.45) is 3.09. The number of likely N-dealkylation sites (N-methyl/N-ethyl adjacent to an activating group) is 1. The summed E-state index contributed by atoms with van der Waals surface area (Å²) in [4.78, 5) is 28.4. The lowest BCUT2D eigenvalue weighted by atomic mass is 9.84. The molecule has 2 unspecified atom stereocenters. The number of carbonyl (C=O) groups is 2. The van der Waals surface area contributed by atoms with E-state index in [1.165, 1.54) is 12.1 Å². The fraction of sp³-hybridized carbons (Fsp3) is 0.636. The van der Waals surface area contributed by atoms with E-state index < -0.39 is 11.6 Å². The normalized spacial score (nSPS) is 17.3. The predicted molar refractivity (Wildman–Crippen MR) is 106 cm³/mol. The quantitative estimate of drug-likeness (QED) is 0.701. The van der Waals surface area contributed by atoms with Crippen LogP contribution in [-0.4, -0.2) is 47.8 Å². The van der Waals surface area contributed by atoms with Gasteiger partial charge in [0.15, 0.2) is 0 Å². The molecule has 2 rings (SSSR count). The highest BCUT2D eigenvalue weighted by Crippen LogP contribution is 2.28. The Morgan fingerprint density at radius 3 is 2.39 bits per heavy atom. The minimum atomic E-state index is -0.604. The van der Waals surface area contributed by atoms with Crippen molar-refractivity contribution in [2.24, 2.45) is 11.8 Å². The van der Waals surface area contributed by atoms with E-state index in [4.69, 9.17) is 0 Å². The van der Waals surface area contributed by atoms with Crippen molar-refractivity contribution in [2.75, 3.05) is 20.1 Å². The van der Waals surface area contributed by atoms with Gasteiger partial charge in [0, 0.05) is 44.6 Å². The number of likely N-dealkylation sites (tertiary alicyclic amines) is 1. The van der Waals surface area contributed by atoms with Gasteiger partial charge in [-0.05, 0) is 43.2 Å². The number of amides is 2. The number of hydrogen-bond acceptors (Lipinski definition) is 2. The second-order valence-electron chi connectivity index (χ2n) is 7.84. The van der Waals surface area contributed by atoms with Crippen LogP contribution < -0.4 is 0 Å². The maximum atomic E-state index is 14.2. The van der Waals surface area contributed by atoms with Gasteiger partial charge in [0.05, 0.1) is 0 Å². The summed E-state index contributed by atoms with van der Waals surface area (Å²) in [5.41, 5.74) is 0.417. The highest BCUT2D eigenvalue weighted by atomic mass is 19.1. The molecule has 0 saturated carbocycles. The van der Waals surface area contributed by atoms with Crippen LogP contribution in [0.25, 0.3) is 0 Å². The minimum Gasteiger partial charge on any atom is -0.342 e. The van der Waals surface area contributed by atoms with E-state index in [2.05, 4.69) is 0 Å². The Hall–Kier alpha value is -1.98. The molecule has 2 amide bonds. The number of piperidine rings is 1. The molecule has 1 heterocycles. The summed E-state index contributed by atoms with van der Waals surface area (Å²) in [5.74, 6) is -0.805. The number of nitrogens with zero attached hydrogens (tertiary/aromatic N) is 2. The molecule has 6 heteroatoms. The average molecular weight is 395 g/mol. The van der Waals surface area contributed by atoms with Crippen LogP contribution in [0.2, 0.25) is 0 Å². The van der Waals surface area contributed by atoms with Crippen LogP contribution in [-0.2, 0) is 16.0 Å². The highest BCUT2D eigenvalue weighted by Gasteiger charge is 2.33. The van der Waals surface area contributed by atoms with Crippen LogP contribution in [0.1, 0.15) is 52.0 Å².